The van der Waals surface area contributed by atoms with Crippen LogP contribution in [0.1, 0.15) is 35.5 Å². The smallest absolute Gasteiger partial charge is 0.275 e. The van der Waals surface area contributed by atoms with Gasteiger partial charge in [0.1, 0.15) is 29.6 Å². The van der Waals surface area contributed by atoms with Crippen molar-refractivity contribution in [3.8, 4) is 51.1 Å². The molecule has 2 aliphatic heterocycles. The molecular formula is C32H34N4O6S. The Morgan fingerprint density at radius 3 is 2.37 bits per heavy atom. The molecule has 4 heterocycles. The summed E-state index contributed by atoms with van der Waals surface area (Å²) in [7, 11) is 3.82. The predicted octanol–water partition coefficient (Wildman–Crippen LogP) is 4.81. The number of pyridine rings is 1. The summed E-state index contributed by atoms with van der Waals surface area (Å²) in [5.41, 5.74) is 5.24. The van der Waals surface area contributed by atoms with Gasteiger partial charge in [0.25, 0.3) is 5.91 Å². The zero-order chi connectivity index (χ0) is 30.5. The van der Waals surface area contributed by atoms with Gasteiger partial charge in [-0.25, -0.2) is 4.68 Å². The topological polar surface area (TPSA) is 105 Å². The van der Waals surface area contributed by atoms with Gasteiger partial charge >= 0.3 is 0 Å². The van der Waals surface area contributed by atoms with Crippen molar-refractivity contribution in [2.45, 2.75) is 32.9 Å². The van der Waals surface area contributed by atoms with Gasteiger partial charge in [-0.05, 0) is 38.5 Å². The standard InChI is InChI=1S/C32H34N4O6S/c1-19-9-20(16-33-15-19)24-13-25-28(14-27(24)41-6)42-17-26-29(31(37)35-7-8-43(38)18-32(35,2)3)34-36(30(25)26)21-10-22(39-4)12-23(11-21)40-5/h9-16H,7-8,17-18H2,1-6H3. The van der Waals surface area contributed by atoms with Crippen LogP contribution in [0.3, 0.4) is 0 Å². The lowest BCUT2D eigenvalue weighted by atomic mass is 9.95. The third-order valence-electron chi connectivity index (χ3n) is 7.91. The van der Waals surface area contributed by atoms with Gasteiger partial charge in [-0.3, -0.25) is 14.0 Å². The van der Waals surface area contributed by atoms with E-state index in [4.69, 9.17) is 24.0 Å². The fourth-order valence-corrected chi connectivity index (χ4v) is 7.27. The van der Waals surface area contributed by atoms with Crippen LogP contribution in [0.25, 0.3) is 28.1 Å². The number of benzene rings is 2. The van der Waals surface area contributed by atoms with E-state index in [0.717, 1.165) is 27.9 Å². The Morgan fingerprint density at radius 1 is 0.977 bits per heavy atom. The molecule has 4 aromatic rings. The van der Waals surface area contributed by atoms with Crippen LogP contribution >= 0.6 is 0 Å². The minimum atomic E-state index is -0.982. The van der Waals surface area contributed by atoms with Gasteiger partial charge in [-0.15, -0.1) is 0 Å². The maximum atomic E-state index is 14.2. The van der Waals surface area contributed by atoms with Crippen LogP contribution in [0.5, 0.6) is 23.0 Å². The first-order chi connectivity index (χ1) is 20.6. The van der Waals surface area contributed by atoms with E-state index >= 15 is 0 Å². The summed E-state index contributed by atoms with van der Waals surface area (Å²) >= 11 is 0. The largest absolute Gasteiger partial charge is 0.497 e. The summed E-state index contributed by atoms with van der Waals surface area (Å²) in [6.07, 6.45) is 3.60. The van der Waals surface area contributed by atoms with E-state index in [9.17, 15) is 9.00 Å². The van der Waals surface area contributed by atoms with Gasteiger partial charge in [-0.2, -0.15) is 5.10 Å². The molecule has 0 spiro atoms. The number of fused-ring (bicyclic) bond motifs is 3. The van der Waals surface area contributed by atoms with E-state index in [1.165, 1.54) is 0 Å². The van der Waals surface area contributed by atoms with E-state index in [1.54, 1.807) is 49.4 Å². The first-order valence-electron chi connectivity index (χ1n) is 13.9. The number of amides is 1. The van der Waals surface area contributed by atoms with Crippen LogP contribution in [0, 0.1) is 6.92 Å². The number of nitrogens with zero attached hydrogens (tertiary/aromatic N) is 4. The maximum Gasteiger partial charge on any atom is 0.275 e. The van der Waals surface area contributed by atoms with Crippen molar-refractivity contribution in [3.05, 3.63) is 65.6 Å². The van der Waals surface area contributed by atoms with E-state index in [2.05, 4.69) is 4.98 Å². The summed E-state index contributed by atoms with van der Waals surface area (Å²) in [4.78, 5) is 20.4. The lowest BCUT2D eigenvalue weighted by molar-refractivity contribution is 0.0585. The van der Waals surface area contributed by atoms with Crippen molar-refractivity contribution in [3.63, 3.8) is 0 Å². The molecule has 43 heavy (non-hydrogen) atoms. The van der Waals surface area contributed by atoms with Crippen molar-refractivity contribution < 1.29 is 28.0 Å². The van der Waals surface area contributed by atoms with Crippen molar-refractivity contribution in [1.29, 1.82) is 0 Å². The monoisotopic (exact) mass is 602 g/mol. The molecule has 2 aromatic carbocycles. The van der Waals surface area contributed by atoms with Gasteiger partial charge in [0.2, 0.25) is 0 Å². The second-order valence-electron chi connectivity index (χ2n) is 11.3. The molecule has 0 N–H and O–H groups in total. The van der Waals surface area contributed by atoms with Crippen LogP contribution in [-0.2, 0) is 17.4 Å². The number of methoxy groups -OCH3 is 3. The highest BCUT2D eigenvalue weighted by atomic mass is 32.2. The van der Waals surface area contributed by atoms with Gasteiger partial charge in [0, 0.05) is 93.3 Å². The van der Waals surface area contributed by atoms with Crippen molar-refractivity contribution >= 4 is 16.7 Å². The molecule has 0 radical (unpaired) electrons. The molecular weight excluding hydrogens is 568 g/mol. The van der Waals surface area contributed by atoms with Crippen molar-refractivity contribution in [1.82, 2.24) is 19.7 Å². The quantitative estimate of drug-likeness (QED) is 0.310. The average Bonchev–Trinajstić information content (AvgIpc) is 3.39. The average molecular weight is 603 g/mol. The number of hydrogen-bond donors (Lipinski definition) is 0. The zero-order valence-corrected chi connectivity index (χ0v) is 25.9. The van der Waals surface area contributed by atoms with Crippen LogP contribution in [0.15, 0.2) is 48.8 Å². The van der Waals surface area contributed by atoms with Crippen LogP contribution in [0.4, 0.5) is 0 Å². The Balaban J connectivity index is 1.60. The molecule has 1 saturated heterocycles. The van der Waals surface area contributed by atoms with Gasteiger partial charge in [0.05, 0.1) is 32.7 Å². The van der Waals surface area contributed by atoms with Gasteiger partial charge < -0.3 is 23.8 Å². The molecule has 10 nitrogen and oxygen atoms in total. The first-order valence-corrected chi connectivity index (χ1v) is 15.4. The van der Waals surface area contributed by atoms with Crippen LogP contribution < -0.4 is 18.9 Å². The van der Waals surface area contributed by atoms with Crippen LogP contribution in [0.2, 0.25) is 0 Å². The first kappa shape index (κ1) is 28.7. The molecule has 0 aliphatic carbocycles. The van der Waals surface area contributed by atoms with E-state index < -0.39 is 16.3 Å². The molecule has 1 unspecified atom stereocenters. The molecule has 0 bridgehead atoms. The summed E-state index contributed by atoms with van der Waals surface area (Å²) < 4.78 is 37.3. The van der Waals surface area contributed by atoms with E-state index in [1.807, 2.05) is 51.1 Å². The fourth-order valence-electron chi connectivity index (χ4n) is 5.79. The Morgan fingerprint density at radius 2 is 1.72 bits per heavy atom. The highest BCUT2D eigenvalue weighted by Gasteiger charge is 2.40. The normalized spacial score (nSPS) is 17.0. The Labute approximate surface area is 253 Å². The number of ether oxygens (including phenoxy) is 4. The lowest BCUT2D eigenvalue weighted by Gasteiger charge is -2.41. The number of aromatic nitrogens is 3. The second kappa shape index (κ2) is 11.0. The molecule has 2 aliphatic rings. The molecule has 1 atom stereocenters. The second-order valence-corrected chi connectivity index (χ2v) is 12.9. The van der Waals surface area contributed by atoms with Gasteiger partial charge in [-0.1, -0.05) is 0 Å². The number of rotatable bonds is 6. The molecule has 2 aromatic heterocycles. The summed E-state index contributed by atoms with van der Waals surface area (Å²) in [6.45, 7) is 6.39. The fraction of sp³-hybridized carbons (Fsp3) is 0.344. The number of carbonyl (C=O) groups excluding carboxylic acids is 1. The minimum absolute atomic E-state index is 0.138. The highest BCUT2D eigenvalue weighted by Crippen LogP contribution is 2.46. The molecule has 6 rings (SSSR count). The molecule has 1 fully saturated rings. The predicted molar refractivity (Wildman–Crippen MR) is 164 cm³/mol. The molecule has 224 valence electrons. The lowest BCUT2D eigenvalue weighted by Crippen LogP contribution is -2.56. The van der Waals surface area contributed by atoms with E-state index in [0.29, 0.717) is 52.3 Å². The van der Waals surface area contributed by atoms with Crippen LogP contribution in [-0.4, -0.2) is 74.7 Å². The molecule has 0 saturated carbocycles. The van der Waals surface area contributed by atoms with Crippen molar-refractivity contribution in [2.75, 3.05) is 39.4 Å². The highest BCUT2D eigenvalue weighted by molar-refractivity contribution is 7.85. The summed E-state index contributed by atoms with van der Waals surface area (Å²) in [6, 6.07) is 11.4. The third-order valence-corrected chi connectivity index (χ3v) is 9.58. The summed E-state index contributed by atoms with van der Waals surface area (Å²) in [5, 5.41) is 4.95. The zero-order valence-electron chi connectivity index (χ0n) is 25.1. The van der Waals surface area contributed by atoms with Crippen molar-refractivity contribution in [2.24, 2.45) is 0 Å². The Bertz CT molecular complexity index is 1740. The molecule has 1 amide bonds. The SMILES string of the molecule is COc1cc(OC)cc(-n2nc(C(=O)N3CCS(=O)CC3(C)C)c3c2-c2cc(-c4cncc(C)c4)c(OC)cc2OC3)c1. The number of aryl methyl sites for hydroxylation is 1. The van der Waals surface area contributed by atoms with E-state index in [-0.39, 0.29) is 18.2 Å². The Hall–Kier alpha value is -4.38. The maximum absolute atomic E-state index is 14.2. The molecule has 11 heteroatoms. The number of carbonyl (C=O) groups is 1. The van der Waals surface area contributed by atoms with Gasteiger partial charge in [0.15, 0.2) is 5.69 Å². The third kappa shape index (κ3) is 5.11. The summed E-state index contributed by atoms with van der Waals surface area (Å²) in [5.74, 6) is 3.02. The number of hydrogen-bond acceptors (Lipinski definition) is 8. The minimum Gasteiger partial charge on any atom is -0.497 e. The Kier molecular flexibility index (Phi) is 7.37.